The van der Waals surface area contributed by atoms with Crippen molar-refractivity contribution in [3.63, 3.8) is 0 Å². The molecule has 1 fully saturated rings. The fraction of sp³-hybridized carbons (Fsp3) is 0.300. The van der Waals surface area contributed by atoms with Crippen molar-refractivity contribution in [2.75, 3.05) is 43.5 Å². The molecule has 3 rings (SSSR count). The van der Waals surface area contributed by atoms with E-state index in [9.17, 15) is 14.0 Å². The maximum Gasteiger partial charge on any atom is 0.254 e. The lowest BCUT2D eigenvalue weighted by atomic mass is 10.1. The van der Waals surface area contributed by atoms with Gasteiger partial charge in [-0.1, -0.05) is 12.1 Å². The van der Waals surface area contributed by atoms with Crippen molar-refractivity contribution in [3.8, 4) is 0 Å². The molecule has 7 heteroatoms. The molecule has 2 aromatic rings. The molecule has 1 heterocycles. The molecule has 27 heavy (non-hydrogen) atoms. The topological polar surface area (TPSA) is 70.7 Å². The molecule has 0 atom stereocenters. The molecule has 6 nitrogen and oxygen atoms in total. The third-order valence-corrected chi connectivity index (χ3v) is 4.32. The highest BCUT2D eigenvalue weighted by molar-refractivity contribution is 5.96. The van der Waals surface area contributed by atoms with E-state index >= 15 is 0 Å². The first-order valence-corrected chi connectivity index (χ1v) is 8.80. The smallest absolute Gasteiger partial charge is 0.254 e. The molecule has 0 aromatic heterocycles. The third kappa shape index (κ3) is 5.04. The number of hydrogen-bond acceptors (Lipinski definition) is 4. The average Bonchev–Trinajstić information content (AvgIpc) is 2.69. The zero-order valence-corrected chi connectivity index (χ0v) is 15.1. The molecule has 1 saturated heterocycles. The van der Waals surface area contributed by atoms with E-state index in [0.717, 1.165) is 0 Å². The first kappa shape index (κ1) is 18.8. The Morgan fingerprint density at radius 2 is 1.89 bits per heavy atom. The van der Waals surface area contributed by atoms with Crippen LogP contribution in [0.5, 0.6) is 0 Å². The van der Waals surface area contributed by atoms with Crippen molar-refractivity contribution in [3.05, 3.63) is 59.4 Å². The van der Waals surface area contributed by atoms with Crippen LogP contribution < -0.4 is 10.6 Å². The number of nitrogens with one attached hydrogen (secondary N) is 2. The van der Waals surface area contributed by atoms with E-state index in [-0.39, 0.29) is 24.2 Å². The standard InChI is InChI=1S/C20H22FN3O3/c1-14-5-6-17(12-18(14)21)23-19(25)13-22-16-4-2-3-15(11-16)20(26)24-7-9-27-10-8-24/h2-6,11-12,22H,7-10,13H2,1H3,(H,23,25). The normalized spacial score (nSPS) is 13.9. The molecule has 2 aromatic carbocycles. The summed E-state index contributed by atoms with van der Waals surface area (Å²) in [5, 5.41) is 5.63. The predicted molar refractivity (Wildman–Crippen MR) is 101 cm³/mol. The first-order chi connectivity index (χ1) is 13.0. The largest absolute Gasteiger partial charge is 0.378 e. The number of anilines is 2. The van der Waals surface area contributed by atoms with Gasteiger partial charge in [-0.25, -0.2) is 4.39 Å². The summed E-state index contributed by atoms with van der Waals surface area (Å²) in [5.41, 5.74) is 2.15. The summed E-state index contributed by atoms with van der Waals surface area (Å²) >= 11 is 0. The van der Waals surface area contributed by atoms with E-state index in [1.54, 1.807) is 48.2 Å². The fourth-order valence-electron chi connectivity index (χ4n) is 2.77. The minimum absolute atomic E-state index is 0.00466. The summed E-state index contributed by atoms with van der Waals surface area (Å²) in [6, 6.07) is 11.6. The number of hydrogen-bond donors (Lipinski definition) is 2. The molecule has 0 spiro atoms. The van der Waals surface area contributed by atoms with Gasteiger partial charge in [0.05, 0.1) is 19.8 Å². The number of rotatable bonds is 5. The minimum atomic E-state index is -0.366. The molecule has 142 valence electrons. The SMILES string of the molecule is Cc1ccc(NC(=O)CNc2cccc(C(=O)N3CCOCC3)c2)cc1F. The molecule has 0 saturated carbocycles. The summed E-state index contributed by atoms with van der Waals surface area (Å²) in [5.74, 6) is -0.722. The number of carbonyl (C=O) groups excluding carboxylic acids is 2. The Hall–Kier alpha value is -2.93. The lowest BCUT2D eigenvalue weighted by Gasteiger charge is -2.27. The zero-order chi connectivity index (χ0) is 19.2. The van der Waals surface area contributed by atoms with Crippen LogP contribution in [0.1, 0.15) is 15.9 Å². The van der Waals surface area contributed by atoms with Gasteiger partial charge in [0.25, 0.3) is 5.91 Å². The van der Waals surface area contributed by atoms with Crippen molar-refractivity contribution in [1.82, 2.24) is 4.90 Å². The van der Waals surface area contributed by atoms with Crippen LogP contribution >= 0.6 is 0 Å². The van der Waals surface area contributed by atoms with Crippen LogP contribution in [0.3, 0.4) is 0 Å². The van der Waals surface area contributed by atoms with Crippen molar-refractivity contribution in [2.24, 2.45) is 0 Å². The van der Waals surface area contributed by atoms with Crippen LogP contribution in [0, 0.1) is 12.7 Å². The molecule has 1 aliphatic rings. The molecule has 2 amide bonds. The number of carbonyl (C=O) groups is 2. The number of ether oxygens (including phenoxy) is 1. The van der Waals surface area contributed by atoms with Crippen molar-refractivity contribution in [2.45, 2.75) is 6.92 Å². The Bertz CT molecular complexity index is 835. The van der Waals surface area contributed by atoms with Gasteiger partial charge in [0.2, 0.25) is 5.91 Å². The third-order valence-electron chi connectivity index (χ3n) is 4.32. The molecule has 0 radical (unpaired) electrons. The number of amides is 2. The number of morpholine rings is 1. The number of nitrogens with zero attached hydrogens (tertiary/aromatic N) is 1. The number of halogens is 1. The van der Waals surface area contributed by atoms with Gasteiger partial charge < -0.3 is 20.3 Å². The Kier molecular flexibility index (Phi) is 6.03. The van der Waals surface area contributed by atoms with Gasteiger partial charge in [0.1, 0.15) is 5.82 Å². The van der Waals surface area contributed by atoms with Gasteiger partial charge in [-0.05, 0) is 42.8 Å². The molecule has 0 aliphatic carbocycles. The zero-order valence-electron chi connectivity index (χ0n) is 15.1. The molecule has 0 unspecified atom stereocenters. The quantitative estimate of drug-likeness (QED) is 0.848. The molecule has 1 aliphatic heterocycles. The van der Waals surface area contributed by atoms with Crippen LogP contribution in [0.2, 0.25) is 0 Å². The average molecular weight is 371 g/mol. The fourth-order valence-corrected chi connectivity index (χ4v) is 2.77. The van der Waals surface area contributed by atoms with Crippen LogP contribution in [0.4, 0.5) is 15.8 Å². The summed E-state index contributed by atoms with van der Waals surface area (Å²) < 4.78 is 18.8. The van der Waals surface area contributed by atoms with E-state index in [1.165, 1.54) is 6.07 Å². The van der Waals surface area contributed by atoms with Gasteiger partial charge in [0, 0.05) is 30.0 Å². The van der Waals surface area contributed by atoms with Gasteiger partial charge in [-0.3, -0.25) is 9.59 Å². The molecule has 2 N–H and O–H groups in total. The van der Waals surface area contributed by atoms with Crippen LogP contribution in [0.15, 0.2) is 42.5 Å². The van der Waals surface area contributed by atoms with Crippen molar-refractivity contribution in [1.29, 1.82) is 0 Å². The minimum Gasteiger partial charge on any atom is -0.378 e. The van der Waals surface area contributed by atoms with Gasteiger partial charge in [-0.15, -0.1) is 0 Å². The predicted octanol–water partition coefficient (Wildman–Crippen LogP) is 2.66. The Labute approximate surface area is 157 Å². The van der Waals surface area contributed by atoms with E-state index in [0.29, 0.717) is 48.8 Å². The van der Waals surface area contributed by atoms with Gasteiger partial charge >= 0.3 is 0 Å². The maximum absolute atomic E-state index is 13.5. The molecular weight excluding hydrogens is 349 g/mol. The lowest BCUT2D eigenvalue weighted by Crippen LogP contribution is -2.40. The van der Waals surface area contributed by atoms with Crippen molar-refractivity contribution < 1.29 is 18.7 Å². The maximum atomic E-state index is 13.5. The number of benzene rings is 2. The lowest BCUT2D eigenvalue weighted by molar-refractivity contribution is -0.114. The molecule has 0 bridgehead atoms. The summed E-state index contributed by atoms with van der Waals surface area (Å²) in [6.07, 6.45) is 0. The highest BCUT2D eigenvalue weighted by atomic mass is 19.1. The second kappa shape index (κ2) is 8.64. The monoisotopic (exact) mass is 371 g/mol. The van der Waals surface area contributed by atoms with Gasteiger partial charge in [-0.2, -0.15) is 0 Å². The highest BCUT2D eigenvalue weighted by Crippen LogP contribution is 2.15. The van der Waals surface area contributed by atoms with Crippen LogP contribution in [0.25, 0.3) is 0 Å². The highest BCUT2D eigenvalue weighted by Gasteiger charge is 2.18. The number of aryl methyl sites for hydroxylation is 1. The second-order valence-corrected chi connectivity index (χ2v) is 6.35. The van der Waals surface area contributed by atoms with E-state index in [1.807, 2.05) is 0 Å². The Morgan fingerprint density at radius 3 is 2.63 bits per heavy atom. The van der Waals surface area contributed by atoms with E-state index in [4.69, 9.17) is 4.74 Å². The molecular formula is C20H22FN3O3. The van der Waals surface area contributed by atoms with Crippen molar-refractivity contribution >= 4 is 23.2 Å². The van der Waals surface area contributed by atoms with Crippen LogP contribution in [-0.4, -0.2) is 49.6 Å². The Morgan fingerprint density at radius 1 is 1.11 bits per heavy atom. The summed E-state index contributed by atoms with van der Waals surface area (Å²) in [6.45, 7) is 3.91. The Balaban J connectivity index is 1.56. The second-order valence-electron chi connectivity index (χ2n) is 6.35. The summed E-state index contributed by atoms with van der Waals surface area (Å²) in [7, 11) is 0. The van der Waals surface area contributed by atoms with E-state index in [2.05, 4.69) is 10.6 Å². The van der Waals surface area contributed by atoms with Crippen LogP contribution in [-0.2, 0) is 9.53 Å². The summed E-state index contributed by atoms with van der Waals surface area (Å²) in [4.78, 5) is 26.3. The van der Waals surface area contributed by atoms with E-state index < -0.39 is 0 Å². The first-order valence-electron chi connectivity index (χ1n) is 8.80. The van der Waals surface area contributed by atoms with Gasteiger partial charge in [0.15, 0.2) is 0 Å².